The number of hydrogen-bond acceptors (Lipinski definition) is 3. The molecule has 1 aromatic heterocycles. The van der Waals surface area contributed by atoms with Crippen LogP contribution in [0.2, 0.25) is 0 Å². The van der Waals surface area contributed by atoms with E-state index in [4.69, 9.17) is 9.73 Å². The summed E-state index contributed by atoms with van der Waals surface area (Å²) in [5, 5.41) is 11.4. The number of ether oxygens (including phenoxy) is 1. The van der Waals surface area contributed by atoms with Crippen molar-refractivity contribution in [2.45, 2.75) is 52.5 Å². The molecule has 166 valence electrons. The van der Waals surface area contributed by atoms with E-state index in [2.05, 4.69) is 41.7 Å². The van der Waals surface area contributed by atoms with E-state index in [0.717, 1.165) is 49.9 Å². The monoisotopic (exact) mass is 525 g/mol. The molecule has 1 aliphatic rings. The van der Waals surface area contributed by atoms with E-state index < -0.39 is 0 Å². The molecule has 0 atom stereocenters. The highest BCUT2D eigenvalue weighted by atomic mass is 127. The first-order chi connectivity index (χ1) is 14.2. The van der Waals surface area contributed by atoms with E-state index >= 15 is 0 Å². The van der Waals surface area contributed by atoms with Crippen LogP contribution in [0.1, 0.15) is 51.5 Å². The smallest absolute Gasteiger partial charge is 0.191 e. The van der Waals surface area contributed by atoms with Crippen LogP contribution in [0.4, 0.5) is 0 Å². The third kappa shape index (κ3) is 7.27. The van der Waals surface area contributed by atoms with Crippen molar-refractivity contribution in [1.82, 2.24) is 20.4 Å². The van der Waals surface area contributed by atoms with E-state index in [1.54, 1.807) is 0 Å². The Morgan fingerprint density at radius 3 is 2.63 bits per heavy atom. The standard InChI is InChI=1S/C23H35N5O.HI/c1-3-24-22(26-19-23(12-8-9-13-23)14-15-29-4-2)25-16-20-17-27-28(18-20)21-10-6-5-7-11-21;/h5-7,10-11,17-18H,3-4,8-9,12-16,19H2,1-2H3,(H2,24,25,26);1H. The lowest BCUT2D eigenvalue weighted by atomic mass is 9.83. The average Bonchev–Trinajstić information content (AvgIpc) is 3.41. The molecule has 7 heteroatoms. The van der Waals surface area contributed by atoms with Gasteiger partial charge in [-0.1, -0.05) is 31.0 Å². The topological polar surface area (TPSA) is 63.5 Å². The Morgan fingerprint density at radius 2 is 1.93 bits per heavy atom. The summed E-state index contributed by atoms with van der Waals surface area (Å²) in [6, 6.07) is 10.2. The van der Waals surface area contributed by atoms with Gasteiger partial charge < -0.3 is 15.4 Å². The summed E-state index contributed by atoms with van der Waals surface area (Å²) in [6.07, 6.45) is 10.2. The minimum Gasteiger partial charge on any atom is -0.382 e. The lowest BCUT2D eigenvalue weighted by Crippen LogP contribution is -2.43. The van der Waals surface area contributed by atoms with Crippen LogP contribution in [0.5, 0.6) is 0 Å². The Morgan fingerprint density at radius 1 is 1.17 bits per heavy atom. The molecule has 3 rings (SSSR count). The number of para-hydroxylation sites is 1. The van der Waals surface area contributed by atoms with Crippen molar-refractivity contribution in [2.24, 2.45) is 10.4 Å². The lowest BCUT2D eigenvalue weighted by molar-refractivity contribution is 0.105. The third-order valence-corrected chi connectivity index (χ3v) is 5.70. The van der Waals surface area contributed by atoms with Crippen molar-refractivity contribution in [3.8, 4) is 5.69 Å². The van der Waals surface area contributed by atoms with Crippen LogP contribution < -0.4 is 10.6 Å². The molecule has 0 saturated heterocycles. The van der Waals surface area contributed by atoms with Crippen LogP contribution in [0.15, 0.2) is 47.7 Å². The minimum atomic E-state index is 0. The van der Waals surface area contributed by atoms with Gasteiger partial charge in [0.05, 0.1) is 18.4 Å². The third-order valence-electron chi connectivity index (χ3n) is 5.70. The molecular weight excluding hydrogens is 489 g/mol. The van der Waals surface area contributed by atoms with E-state index in [-0.39, 0.29) is 24.0 Å². The zero-order chi connectivity index (χ0) is 20.4. The first-order valence-corrected chi connectivity index (χ1v) is 10.9. The predicted octanol–water partition coefficient (Wildman–Crippen LogP) is 4.53. The second-order valence-electron chi connectivity index (χ2n) is 7.83. The molecule has 2 N–H and O–H groups in total. The second-order valence-corrected chi connectivity index (χ2v) is 7.83. The average molecular weight is 525 g/mol. The van der Waals surface area contributed by atoms with Crippen molar-refractivity contribution in [3.05, 3.63) is 48.3 Å². The molecule has 2 aromatic rings. The van der Waals surface area contributed by atoms with Crippen molar-refractivity contribution < 1.29 is 4.74 Å². The molecule has 1 aromatic carbocycles. The Balaban J connectivity index is 0.00000320. The van der Waals surface area contributed by atoms with Crippen molar-refractivity contribution in [1.29, 1.82) is 0 Å². The number of aliphatic imine (C=N–C) groups is 1. The SMILES string of the molecule is CCNC(=NCc1cnn(-c2ccccc2)c1)NCC1(CCOCC)CCCC1.I. The van der Waals surface area contributed by atoms with Gasteiger partial charge in [-0.15, -0.1) is 24.0 Å². The largest absolute Gasteiger partial charge is 0.382 e. The number of aromatic nitrogens is 2. The molecular formula is C23H36IN5O. The molecule has 6 nitrogen and oxygen atoms in total. The van der Waals surface area contributed by atoms with Gasteiger partial charge in [0.1, 0.15) is 0 Å². The zero-order valence-corrected chi connectivity index (χ0v) is 20.6. The fourth-order valence-corrected chi connectivity index (χ4v) is 4.02. The fourth-order valence-electron chi connectivity index (χ4n) is 4.02. The highest BCUT2D eigenvalue weighted by molar-refractivity contribution is 14.0. The lowest BCUT2D eigenvalue weighted by Gasteiger charge is -2.30. The Kier molecular flexibility index (Phi) is 10.6. The van der Waals surface area contributed by atoms with Crippen LogP contribution in [-0.4, -0.2) is 42.0 Å². The van der Waals surface area contributed by atoms with Gasteiger partial charge in [0.15, 0.2) is 5.96 Å². The zero-order valence-electron chi connectivity index (χ0n) is 18.3. The molecule has 0 spiro atoms. The van der Waals surface area contributed by atoms with Crippen LogP contribution in [0.3, 0.4) is 0 Å². The molecule has 0 aliphatic heterocycles. The van der Waals surface area contributed by atoms with Gasteiger partial charge in [-0.3, -0.25) is 0 Å². The van der Waals surface area contributed by atoms with Crippen LogP contribution >= 0.6 is 24.0 Å². The Hall–Kier alpha value is -1.61. The summed E-state index contributed by atoms with van der Waals surface area (Å²) in [4.78, 5) is 4.79. The van der Waals surface area contributed by atoms with E-state index in [1.807, 2.05) is 35.3 Å². The summed E-state index contributed by atoms with van der Waals surface area (Å²) in [5.41, 5.74) is 2.49. The number of guanidine groups is 1. The van der Waals surface area contributed by atoms with Gasteiger partial charge >= 0.3 is 0 Å². The molecule has 0 radical (unpaired) electrons. The summed E-state index contributed by atoms with van der Waals surface area (Å²) >= 11 is 0. The molecule has 1 aliphatic carbocycles. The number of nitrogens with zero attached hydrogens (tertiary/aromatic N) is 3. The van der Waals surface area contributed by atoms with Gasteiger partial charge in [-0.2, -0.15) is 5.10 Å². The van der Waals surface area contributed by atoms with Gasteiger partial charge in [-0.05, 0) is 50.7 Å². The van der Waals surface area contributed by atoms with Gasteiger partial charge in [-0.25, -0.2) is 9.67 Å². The van der Waals surface area contributed by atoms with Crippen LogP contribution in [0, 0.1) is 5.41 Å². The van der Waals surface area contributed by atoms with Crippen molar-refractivity contribution in [2.75, 3.05) is 26.3 Å². The molecule has 1 saturated carbocycles. The van der Waals surface area contributed by atoms with Crippen molar-refractivity contribution >= 4 is 29.9 Å². The fraction of sp³-hybridized carbons (Fsp3) is 0.565. The van der Waals surface area contributed by atoms with Gasteiger partial charge in [0.2, 0.25) is 0 Å². The quantitative estimate of drug-likeness (QED) is 0.207. The molecule has 0 amide bonds. The summed E-state index contributed by atoms with van der Waals surface area (Å²) in [6.45, 7) is 8.22. The predicted molar refractivity (Wildman–Crippen MR) is 134 cm³/mol. The van der Waals surface area contributed by atoms with Crippen molar-refractivity contribution in [3.63, 3.8) is 0 Å². The Bertz CT molecular complexity index is 756. The normalized spacial score (nSPS) is 15.6. The molecule has 0 unspecified atom stereocenters. The summed E-state index contributed by atoms with van der Waals surface area (Å²) in [5.74, 6) is 0.877. The van der Waals surface area contributed by atoms with E-state index in [1.165, 1.54) is 25.7 Å². The maximum Gasteiger partial charge on any atom is 0.191 e. The minimum absolute atomic E-state index is 0. The molecule has 1 heterocycles. The number of halogens is 1. The number of nitrogens with one attached hydrogen (secondary N) is 2. The second kappa shape index (κ2) is 12.9. The first-order valence-electron chi connectivity index (χ1n) is 10.9. The van der Waals surface area contributed by atoms with Gasteiger partial charge in [0, 0.05) is 38.1 Å². The maximum atomic E-state index is 5.64. The molecule has 30 heavy (non-hydrogen) atoms. The Labute approximate surface area is 197 Å². The summed E-state index contributed by atoms with van der Waals surface area (Å²) < 4.78 is 7.53. The maximum absolute atomic E-state index is 5.64. The van der Waals surface area contributed by atoms with Crippen LogP contribution in [0.25, 0.3) is 5.69 Å². The number of benzene rings is 1. The van der Waals surface area contributed by atoms with E-state index in [9.17, 15) is 0 Å². The number of rotatable bonds is 10. The first kappa shape index (κ1) is 24.7. The van der Waals surface area contributed by atoms with E-state index in [0.29, 0.717) is 12.0 Å². The molecule has 0 bridgehead atoms. The summed E-state index contributed by atoms with van der Waals surface area (Å²) in [7, 11) is 0. The molecule has 1 fully saturated rings. The highest BCUT2D eigenvalue weighted by Gasteiger charge is 2.33. The van der Waals surface area contributed by atoms with Gasteiger partial charge in [0.25, 0.3) is 0 Å². The number of hydrogen-bond donors (Lipinski definition) is 2. The van der Waals surface area contributed by atoms with Crippen LogP contribution in [-0.2, 0) is 11.3 Å². The highest BCUT2D eigenvalue weighted by Crippen LogP contribution is 2.40.